The number of unbranched alkanes of at least 4 members (excludes halogenated alkanes) is 1. The summed E-state index contributed by atoms with van der Waals surface area (Å²) in [5.41, 5.74) is 3.71. The maximum atomic E-state index is 12.8. The predicted molar refractivity (Wildman–Crippen MR) is 121 cm³/mol. The lowest BCUT2D eigenvalue weighted by Crippen LogP contribution is -2.38. The number of aryl methyl sites for hydroxylation is 1. The quantitative estimate of drug-likeness (QED) is 0.639. The second-order valence-electron chi connectivity index (χ2n) is 8.18. The van der Waals surface area contributed by atoms with Crippen LogP contribution in [0.25, 0.3) is 0 Å². The molecule has 0 spiro atoms. The third kappa shape index (κ3) is 6.17. The van der Waals surface area contributed by atoms with Gasteiger partial charge >= 0.3 is 0 Å². The Morgan fingerprint density at radius 3 is 2.43 bits per heavy atom. The van der Waals surface area contributed by atoms with E-state index in [1.54, 1.807) is 12.1 Å². The summed E-state index contributed by atoms with van der Waals surface area (Å²) in [4.78, 5) is 27.7. The summed E-state index contributed by atoms with van der Waals surface area (Å²) in [5, 5.41) is 5.93. The fraction of sp³-hybridized carbons (Fsp3) is 0.440. The highest BCUT2D eigenvalue weighted by atomic mass is 16.2. The van der Waals surface area contributed by atoms with E-state index in [-0.39, 0.29) is 17.7 Å². The Morgan fingerprint density at radius 2 is 1.73 bits per heavy atom. The van der Waals surface area contributed by atoms with Crippen molar-refractivity contribution in [1.29, 1.82) is 0 Å². The second kappa shape index (κ2) is 10.9. The summed E-state index contributed by atoms with van der Waals surface area (Å²) in [6.45, 7) is 7.58. The van der Waals surface area contributed by atoms with Crippen molar-refractivity contribution in [2.45, 2.75) is 46.1 Å². The maximum Gasteiger partial charge on any atom is 0.253 e. The molecule has 0 unspecified atom stereocenters. The van der Waals surface area contributed by atoms with Crippen molar-refractivity contribution in [3.63, 3.8) is 0 Å². The number of carbonyl (C=O) groups is 2. The number of likely N-dealkylation sites (tertiary alicyclic amines) is 1. The maximum absolute atomic E-state index is 12.8. The van der Waals surface area contributed by atoms with Gasteiger partial charge in [0.25, 0.3) is 5.91 Å². The van der Waals surface area contributed by atoms with E-state index in [4.69, 9.17) is 0 Å². The minimum atomic E-state index is -0.132. The van der Waals surface area contributed by atoms with Gasteiger partial charge in [-0.2, -0.15) is 0 Å². The van der Waals surface area contributed by atoms with Crippen LogP contribution in [0.4, 0.5) is 5.69 Å². The molecule has 30 heavy (non-hydrogen) atoms. The van der Waals surface area contributed by atoms with Crippen molar-refractivity contribution in [2.24, 2.45) is 5.92 Å². The third-order valence-corrected chi connectivity index (χ3v) is 5.73. The van der Waals surface area contributed by atoms with E-state index < -0.39 is 0 Å². The molecular formula is C25H33N3O2. The Labute approximate surface area is 179 Å². The standard InChI is InChI=1S/C25H33N3O2/c1-3-4-15-26-25(30)22-7-5-6-8-23(22)27-24(29)21-13-16-28(17-14-21)18-20-11-9-19(2)10-12-20/h5-12,21H,3-4,13-18H2,1-2H3,(H,26,30)(H,27,29). The lowest BCUT2D eigenvalue weighted by molar-refractivity contribution is -0.121. The first-order valence-electron chi connectivity index (χ1n) is 11.0. The zero-order valence-corrected chi connectivity index (χ0v) is 18.1. The second-order valence-corrected chi connectivity index (χ2v) is 8.18. The molecule has 160 valence electrons. The molecule has 3 rings (SSSR count). The van der Waals surface area contributed by atoms with Crippen LogP contribution in [0.15, 0.2) is 48.5 Å². The summed E-state index contributed by atoms with van der Waals surface area (Å²) >= 11 is 0. The molecule has 1 aliphatic rings. The smallest absolute Gasteiger partial charge is 0.253 e. The van der Waals surface area contributed by atoms with Crippen molar-refractivity contribution >= 4 is 17.5 Å². The van der Waals surface area contributed by atoms with Gasteiger partial charge in [0.15, 0.2) is 0 Å². The normalized spacial score (nSPS) is 15.0. The number of benzene rings is 2. The van der Waals surface area contributed by atoms with Crippen molar-refractivity contribution < 1.29 is 9.59 Å². The van der Waals surface area contributed by atoms with Crippen LogP contribution in [0, 0.1) is 12.8 Å². The number of rotatable bonds is 8. The minimum Gasteiger partial charge on any atom is -0.352 e. The number of nitrogens with zero attached hydrogens (tertiary/aromatic N) is 1. The van der Waals surface area contributed by atoms with Gasteiger partial charge in [-0.3, -0.25) is 14.5 Å². The Hall–Kier alpha value is -2.66. The lowest BCUT2D eigenvalue weighted by Gasteiger charge is -2.31. The number of carbonyl (C=O) groups excluding carboxylic acids is 2. The molecule has 1 saturated heterocycles. The van der Waals surface area contributed by atoms with Gasteiger partial charge in [-0.1, -0.05) is 55.3 Å². The average molecular weight is 408 g/mol. The molecule has 0 bridgehead atoms. The Bertz CT molecular complexity index is 840. The van der Waals surface area contributed by atoms with Crippen LogP contribution < -0.4 is 10.6 Å². The van der Waals surface area contributed by atoms with Crippen LogP contribution in [0.3, 0.4) is 0 Å². The fourth-order valence-electron chi connectivity index (χ4n) is 3.80. The fourth-order valence-corrected chi connectivity index (χ4v) is 3.80. The molecule has 2 amide bonds. The topological polar surface area (TPSA) is 61.4 Å². The first-order chi connectivity index (χ1) is 14.6. The molecule has 0 aromatic heterocycles. The summed E-state index contributed by atoms with van der Waals surface area (Å²) in [6, 6.07) is 15.9. The van der Waals surface area contributed by atoms with Crippen LogP contribution in [0.1, 0.15) is 54.1 Å². The van der Waals surface area contributed by atoms with Gasteiger partial charge in [-0.25, -0.2) is 0 Å². The molecule has 5 heteroatoms. The molecular weight excluding hydrogens is 374 g/mol. The molecule has 2 aromatic carbocycles. The van der Waals surface area contributed by atoms with E-state index in [1.165, 1.54) is 11.1 Å². The van der Waals surface area contributed by atoms with Crippen LogP contribution >= 0.6 is 0 Å². The lowest BCUT2D eigenvalue weighted by atomic mass is 9.95. The van der Waals surface area contributed by atoms with E-state index in [1.807, 2.05) is 12.1 Å². The zero-order chi connectivity index (χ0) is 21.3. The molecule has 2 N–H and O–H groups in total. The SMILES string of the molecule is CCCCNC(=O)c1ccccc1NC(=O)C1CCN(Cc2ccc(C)cc2)CC1. The molecule has 1 aliphatic heterocycles. The molecule has 1 fully saturated rings. The van der Waals surface area contributed by atoms with Gasteiger partial charge in [0, 0.05) is 19.0 Å². The number of hydrogen-bond donors (Lipinski definition) is 2. The molecule has 0 aliphatic carbocycles. The first kappa shape index (κ1) is 22.0. The molecule has 5 nitrogen and oxygen atoms in total. The van der Waals surface area contributed by atoms with Crippen LogP contribution in [-0.4, -0.2) is 36.3 Å². The first-order valence-corrected chi connectivity index (χ1v) is 11.0. The van der Waals surface area contributed by atoms with Gasteiger partial charge in [0.05, 0.1) is 11.3 Å². The predicted octanol–water partition coefficient (Wildman–Crippen LogP) is 4.38. The number of anilines is 1. The highest BCUT2D eigenvalue weighted by Crippen LogP contribution is 2.22. The molecule has 2 aromatic rings. The van der Waals surface area contributed by atoms with Crippen LogP contribution in [0.2, 0.25) is 0 Å². The number of nitrogens with one attached hydrogen (secondary N) is 2. The highest BCUT2D eigenvalue weighted by Gasteiger charge is 2.26. The highest BCUT2D eigenvalue weighted by molar-refractivity contribution is 6.04. The van der Waals surface area contributed by atoms with Gasteiger partial charge in [-0.05, 0) is 57.0 Å². The molecule has 0 saturated carbocycles. The minimum absolute atomic E-state index is 0.0128. The van der Waals surface area contributed by atoms with Gasteiger partial charge in [0.2, 0.25) is 5.91 Å². The molecule has 0 radical (unpaired) electrons. The summed E-state index contributed by atoms with van der Waals surface area (Å²) < 4.78 is 0. The number of hydrogen-bond acceptors (Lipinski definition) is 3. The van der Waals surface area contributed by atoms with Crippen molar-refractivity contribution in [2.75, 3.05) is 25.0 Å². The number of para-hydroxylation sites is 1. The largest absolute Gasteiger partial charge is 0.352 e. The van der Waals surface area contributed by atoms with E-state index in [2.05, 4.69) is 53.6 Å². The van der Waals surface area contributed by atoms with Crippen molar-refractivity contribution in [3.05, 3.63) is 65.2 Å². The monoisotopic (exact) mass is 407 g/mol. The van der Waals surface area contributed by atoms with Crippen molar-refractivity contribution in [1.82, 2.24) is 10.2 Å². The third-order valence-electron chi connectivity index (χ3n) is 5.73. The molecule has 1 heterocycles. The average Bonchev–Trinajstić information content (AvgIpc) is 2.76. The van der Waals surface area contributed by atoms with E-state index in [0.717, 1.165) is 45.3 Å². The summed E-state index contributed by atoms with van der Waals surface area (Å²) in [5.74, 6) is -0.137. The van der Waals surface area contributed by atoms with E-state index >= 15 is 0 Å². The van der Waals surface area contributed by atoms with Gasteiger partial charge in [-0.15, -0.1) is 0 Å². The van der Waals surface area contributed by atoms with Gasteiger partial charge in [0.1, 0.15) is 0 Å². The molecule has 0 atom stereocenters. The zero-order valence-electron chi connectivity index (χ0n) is 18.1. The Balaban J connectivity index is 1.52. The van der Waals surface area contributed by atoms with Gasteiger partial charge < -0.3 is 10.6 Å². The van der Waals surface area contributed by atoms with Crippen LogP contribution in [-0.2, 0) is 11.3 Å². The number of piperidine rings is 1. The summed E-state index contributed by atoms with van der Waals surface area (Å²) in [7, 11) is 0. The number of amides is 2. The van der Waals surface area contributed by atoms with Crippen LogP contribution in [0.5, 0.6) is 0 Å². The van der Waals surface area contributed by atoms with E-state index in [9.17, 15) is 9.59 Å². The summed E-state index contributed by atoms with van der Waals surface area (Å²) in [6.07, 6.45) is 3.65. The van der Waals surface area contributed by atoms with E-state index in [0.29, 0.717) is 17.8 Å². The van der Waals surface area contributed by atoms with Crippen molar-refractivity contribution in [3.8, 4) is 0 Å². The Kier molecular flexibility index (Phi) is 8.03. The Morgan fingerprint density at radius 1 is 1.03 bits per heavy atom.